The number of para-hydroxylation sites is 1. The Labute approximate surface area is 154 Å². The van der Waals surface area contributed by atoms with E-state index in [0.29, 0.717) is 29.4 Å². The molecule has 0 spiro atoms. The zero-order chi connectivity index (χ0) is 19.0. The van der Waals surface area contributed by atoms with Gasteiger partial charge in [0.2, 0.25) is 0 Å². The van der Waals surface area contributed by atoms with Gasteiger partial charge in [-0.1, -0.05) is 18.2 Å². The fourth-order valence-corrected chi connectivity index (χ4v) is 3.30. The third-order valence-corrected chi connectivity index (χ3v) is 4.72. The molecule has 0 radical (unpaired) electrons. The van der Waals surface area contributed by atoms with E-state index in [-0.39, 0.29) is 11.6 Å². The molecule has 0 saturated carbocycles. The van der Waals surface area contributed by atoms with Crippen molar-refractivity contribution in [1.29, 1.82) is 0 Å². The fourth-order valence-electron chi connectivity index (χ4n) is 3.30. The molecule has 2 aromatic heterocycles. The molecule has 27 heavy (non-hydrogen) atoms. The summed E-state index contributed by atoms with van der Waals surface area (Å²) in [5, 5.41) is 20.1. The molecule has 0 saturated heterocycles. The first-order chi connectivity index (χ1) is 13.0. The normalized spacial score (nSPS) is 11.1. The molecule has 0 aliphatic rings. The molecule has 0 unspecified atom stereocenters. The number of carboxylic acids is 1. The van der Waals surface area contributed by atoms with Crippen molar-refractivity contribution in [1.82, 2.24) is 20.5 Å². The smallest absolute Gasteiger partial charge is 0.357 e. The van der Waals surface area contributed by atoms with Gasteiger partial charge >= 0.3 is 5.97 Å². The Morgan fingerprint density at radius 1 is 1.19 bits per heavy atom. The molecule has 2 aromatic carbocycles. The number of carboxylic acid groups (broad SMARTS) is 1. The summed E-state index contributed by atoms with van der Waals surface area (Å²) in [4.78, 5) is 26.9. The molecule has 0 aliphatic heterocycles. The minimum absolute atomic E-state index is 0.0891. The van der Waals surface area contributed by atoms with Gasteiger partial charge in [-0.25, -0.2) is 4.79 Å². The molecule has 0 fully saturated rings. The lowest BCUT2D eigenvalue weighted by Crippen LogP contribution is -2.25. The lowest BCUT2D eigenvalue weighted by Gasteiger charge is -2.05. The van der Waals surface area contributed by atoms with E-state index in [1.807, 2.05) is 12.3 Å². The van der Waals surface area contributed by atoms with Crippen molar-refractivity contribution in [2.45, 2.75) is 13.3 Å². The van der Waals surface area contributed by atoms with Crippen molar-refractivity contribution in [3.05, 3.63) is 65.0 Å². The van der Waals surface area contributed by atoms with Gasteiger partial charge in [0.1, 0.15) is 0 Å². The molecule has 2 heterocycles. The molecule has 136 valence electrons. The number of hydrogen-bond donors (Lipinski definition) is 4. The molecule has 4 aromatic rings. The van der Waals surface area contributed by atoms with Crippen LogP contribution in [0.5, 0.6) is 0 Å². The van der Waals surface area contributed by atoms with Crippen LogP contribution in [0.4, 0.5) is 0 Å². The quantitative estimate of drug-likeness (QED) is 0.437. The Balaban J connectivity index is 1.47. The average molecular weight is 362 g/mol. The Morgan fingerprint density at radius 2 is 2.04 bits per heavy atom. The second-order valence-corrected chi connectivity index (χ2v) is 6.46. The number of rotatable bonds is 5. The fraction of sp³-hybridized carbons (Fsp3) is 0.150. The van der Waals surface area contributed by atoms with Gasteiger partial charge in [0.05, 0.1) is 5.52 Å². The standard InChI is InChI=1S/C20H18N4O3/c1-11-3-2-4-14-13(10-22-17(11)14)7-8-21-19(25)12-5-6-16-15(9-12)18(20(26)27)24-23-16/h2-6,9-10,22H,7-8H2,1H3,(H,21,25)(H,23,24)(H,26,27). The summed E-state index contributed by atoms with van der Waals surface area (Å²) >= 11 is 0. The summed E-state index contributed by atoms with van der Waals surface area (Å²) in [6, 6.07) is 11.0. The summed E-state index contributed by atoms with van der Waals surface area (Å²) < 4.78 is 0. The second-order valence-electron chi connectivity index (χ2n) is 6.46. The van der Waals surface area contributed by atoms with Crippen molar-refractivity contribution in [2.24, 2.45) is 0 Å². The number of hydrogen-bond acceptors (Lipinski definition) is 3. The van der Waals surface area contributed by atoms with Gasteiger partial charge in [-0.2, -0.15) is 5.10 Å². The van der Waals surface area contributed by atoms with Crippen molar-refractivity contribution in [2.75, 3.05) is 6.54 Å². The van der Waals surface area contributed by atoms with Crippen LogP contribution in [0, 0.1) is 6.92 Å². The first-order valence-corrected chi connectivity index (χ1v) is 8.60. The van der Waals surface area contributed by atoms with Crippen LogP contribution in [0.3, 0.4) is 0 Å². The number of carbonyl (C=O) groups is 2. The number of nitrogens with zero attached hydrogens (tertiary/aromatic N) is 1. The number of aromatic nitrogens is 3. The second kappa shape index (κ2) is 6.60. The Hall–Kier alpha value is -3.61. The summed E-state index contributed by atoms with van der Waals surface area (Å²) in [5.41, 5.74) is 4.34. The first kappa shape index (κ1) is 16.8. The average Bonchev–Trinajstić information content (AvgIpc) is 3.26. The van der Waals surface area contributed by atoms with E-state index in [1.54, 1.807) is 18.2 Å². The van der Waals surface area contributed by atoms with Gasteiger partial charge < -0.3 is 15.4 Å². The Kier molecular flexibility index (Phi) is 4.12. The number of carbonyl (C=O) groups excluding carboxylic acids is 1. The molecule has 7 nitrogen and oxygen atoms in total. The van der Waals surface area contributed by atoms with Crippen LogP contribution in [-0.4, -0.2) is 38.7 Å². The molecule has 1 amide bonds. The van der Waals surface area contributed by atoms with Gasteiger partial charge in [0.25, 0.3) is 5.91 Å². The van der Waals surface area contributed by atoms with E-state index in [0.717, 1.165) is 16.5 Å². The molecule has 7 heteroatoms. The van der Waals surface area contributed by atoms with Crippen molar-refractivity contribution >= 4 is 33.7 Å². The molecular formula is C20H18N4O3. The first-order valence-electron chi connectivity index (χ1n) is 8.60. The van der Waals surface area contributed by atoms with Crippen LogP contribution < -0.4 is 5.32 Å². The number of amides is 1. The van der Waals surface area contributed by atoms with Crippen LogP contribution in [0.15, 0.2) is 42.6 Å². The summed E-state index contributed by atoms with van der Waals surface area (Å²) in [7, 11) is 0. The summed E-state index contributed by atoms with van der Waals surface area (Å²) in [6.45, 7) is 2.54. The van der Waals surface area contributed by atoms with Crippen LogP contribution in [0.1, 0.15) is 32.0 Å². The number of aromatic carboxylic acids is 1. The van der Waals surface area contributed by atoms with E-state index < -0.39 is 5.97 Å². The number of nitrogens with one attached hydrogen (secondary N) is 3. The number of aromatic amines is 2. The lowest BCUT2D eigenvalue weighted by molar-refractivity contribution is 0.0692. The predicted molar refractivity (Wildman–Crippen MR) is 102 cm³/mol. The maximum atomic E-state index is 12.4. The van der Waals surface area contributed by atoms with Gasteiger partial charge in [-0.05, 0) is 42.7 Å². The highest BCUT2D eigenvalue weighted by Crippen LogP contribution is 2.21. The number of H-pyrrole nitrogens is 2. The van der Waals surface area contributed by atoms with Crippen LogP contribution in [-0.2, 0) is 6.42 Å². The molecule has 0 atom stereocenters. The van der Waals surface area contributed by atoms with E-state index in [4.69, 9.17) is 5.11 Å². The summed E-state index contributed by atoms with van der Waals surface area (Å²) in [6.07, 6.45) is 2.67. The van der Waals surface area contributed by atoms with Gasteiger partial charge in [-0.15, -0.1) is 0 Å². The number of fused-ring (bicyclic) bond motifs is 2. The van der Waals surface area contributed by atoms with Crippen molar-refractivity contribution in [3.63, 3.8) is 0 Å². The largest absolute Gasteiger partial charge is 0.476 e. The van der Waals surface area contributed by atoms with Crippen LogP contribution >= 0.6 is 0 Å². The molecule has 4 N–H and O–H groups in total. The maximum absolute atomic E-state index is 12.4. The van der Waals surface area contributed by atoms with E-state index in [1.165, 1.54) is 5.56 Å². The van der Waals surface area contributed by atoms with E-state index in [2.05, 4.69) is 39.6 Å². The van der Waals surface area contributed by atoms with Crippen LogP contribution in [0.25, 0.3) is 21.8 Å². The van der Waals surface area contributed by atoms with E-state index in [9.17, 15) is 9.59 Å². The van der Waals surface area contributed by atoms with Crippen molar-refractivity contribution < 1.29 is 14.7 Å². The number of benzene rings is 2. The molecular weight excluding hydrogens is 344 g/mol. The van der Waals surface area contributed by atoms with Crippen LogP contribution in [0.2, 0.25) is 0 Å². The van der Waals surface area contributed by atoms with Crippen molar-refractivity contribution in [3.8, 4) is 0 Å². The molecule has 0 aliphatic carbocycles. The molecule has 4 rings (SSSR count). The SMILES string of the molecule is Cc1cccc2c(CCNC(=O)c3ccc4[nH]nc(C(=O)O)c4c3)c[nH]c12. The zero-order valence-corrected chi connectivity index (χ0v) is 14.7. The predicted octanol–water partition coefficient (Wildman–Crippen LogP) is 3.02. The van der Waals surface area contributed by atoms with Gasteiger partial charge in [0, 0.05) is 34.6 Å². The summed E-state index contributed by atoms with van der Waals surface area (Å²) in [5.74, 6) is -1.38. The maximum Gasteiger partial charge on any atom is 0.357 e. The monoisotopic (exact) mass is 362 g/mol. The van der Waals surface area contributed by atoms with Gasteiger partial charge in [-0.3, -0.25) is 9.89 Å². The Morgan fingerprint density at radius 3 is 2.85 bits per heavy atom. The molecule has 0 bridgehead atoms. The topological polar surface area (TPSA) is 111 Å². The highest BCUT2D eigenvalue weighted by atomic mass is 16.4. The van der Waals surface area contributed by atoms with E-state index >= 15 is 0 Å². The van der Waals surface area contributed by atoms with Gasteiger partial charge in [0.15, 0.2) is 5.69 Å². The third kappa shape index (κ3) is 3.03. The minimum Gasteiger partial charge on any atom is -0.476 e. The lowest BCUT2D eigenvalue weighted by atomic mass is 10.1. The number of aryl methyl sites for hydroxylation is 1. The third-order valence-electron chi connectivity index (χ3n) is 4.72. The Bertz CT molecular complexity index is 1170. The zero-order valence-electron chi connectivity index (χ0n) is 14.7. The minimum atomic E-state index is -1.13. The highest BCUT2D eigenvalue weighted by Gasteiger charge is 2.15. The highest BCUT2D eigenvalue weighted by molar-refractivity contribution is 6.04.